The highest BCUT2D eigenvalue weighted by Crippen LogP contribution is 2.24. The second kappa shape index (κ2) is 4.24. The Labute approximate surface area is 91.6 Å². The van der Waals surface area contributed by atoms with Crippen LogP contribution in [0.1, 0.15) is 5.56 Å². The minimum Gasteiger partial charge on any atom is -0.506 e. The third-order valence-electron chi connectivity index (χ3n) is 2.23. The minimum absolute atomic E-state index is 0.0146. The lowest BCUT2D eigenvalue weighted by molar-refractivity contribution is 0.466. The van der Waals surface area contributed by atoms with Gasteiger partial charge in [0.1, 0.15) is 5.75 Å². The molecule has 2 rings (SSSR count). The predicted molar refractivity (Wildman–Crippen MR) is 57.0 cm³/mol. The van der Waals surface area contributed by atoms with E-state index in [4.69, 9.17) is 5.73 Å². The van der Waals surface area contributed by atoms with Gasteiger partial charge in [0.05, 0.1) is 18.1 Å². The van der Waals surface area contributed by atoms with E-state index in [0.717, 1.165) is 6.20 Å². The van der Waals surface area contributed by atoms with E-state index in [1.807, 2.05) is 0 Å². The maximum absolute atomic E-state index is 13.4. The van der Waals surface area contributed by atoms with Crippen LogP contribution in [0.15, 0.2) is 30.7 Å². The molecule has 0 radical (unpaired) electrons. The summed E-state index contributed by atoms with van der Waals surface area (Å²) in [5.74, 6) is -0.440. The van der Waals surface area contributed by atoms with Gasteiger partial charge >= 0.3 is 0 Å². The summed E-state index contributed by atoms with van der Waals surface area (Å²) in [7, 11) is 0. The minimum atomic E-state index is -0.455. The van der Waals surface area contributed by atoms with E-state index >= 15 is 0 Å². The summed E-state index contributed by atoms with van der Waals surface area (Å²) in [4.78, 5) is 7.60. The molecule has 0 aliphatic heterocycles. The maximum atomic E-state index is 13.4. The molecule has 2 aromatic rings. The average Bonchev–Trinajstić information content (AvgIpc) is 2.31. The highest BCUT2D eigenvalue weighted by molar-refractivity contribution is 5.60. The number of aromatic hydroxyl groups is 1. The van der Waals surface area contributed by atoms with Crippen molar-refractivity contribution < 1.29 is 9.50 Å². The third kappa shape index (κ3) is 1.85. The lowest BCUT2D eigenvalue weighted by atomic mass is 10.1. The van der Waals surface area contributed by atoms with Gasteiger partial charge in [-0.05, 0) is 12.1 Å². The molecule has 16 heavy (non-hydrogen) atoms. The van der Waals surface area contributed by atoms with Gasteiger partial charge in [-0.3, -0.25) is 9.97 Å². The fourth-order valence-electron chi connectivity index (χ4n) is 1.38. The van der Waals surface area contributed by atoms with E-state index in [-0.39, 0.29) is 12.3 Å². The monoisotopic (exact) mass is 219 g/mol. The third-order valence-corrected chi connectivity index (χ3v) is 2.23. The molecule has 0 aliphatic rings. The summed E-state index contributed by atoms with van der Waals surface area (Å²) in [6, 6.07) is 3.09. The Balaban J connectivity index is 2.53. The van der Waals surface area contributed by atoms with Crippen LogP contribution in [0, 0.1) is 5.82 Å². The Kier molecular flexibility index (Phi) is 2.78. The number of pyridine rings is 2. The normalized spacial score (nSPS) is 10.4. The summed E-state index contributed by atoms with van der Waals surface area (Å²) in [6.07, 6.45) is 3.86. The van der Waals surface area contributed by atoms with Gasteiger partial charge in [-0.2, -0.15) is 0 Å². The van der Waals surface area contributed by atoms with Crippen LogP contribution in [-0.4, -0.2) is 15.1 Å². The fraction of sp³-hybridized carbons (Fsp3) is 0.0909. The van der Waals surface area contributed by atoms with Gasteiger partial charge < -0.3 is 10.8 Å². The molecule has 2 aromatic heterocycles. The Morgan fingerprint density at radius 1 is 1.38 bits per heavy atom. The molecule has 0 fully saturated rings. The van der Waals surface area contributed by atoms with Crippen molar-refractivity contribution in [2.45, 2.75) is 6.54 Å². The second-order valence-electron chi connectivity index (χ2n) is 3.26. The molecule has 4 nitrogen and oxygen atoms in total. The number of hydrogen-bond donors (Lipinski definition) is 2. The summed E-state index contributed by atoms with van der Waals surface area (Å²) >= 11 is 0. The molecule has 0 unspecified atom stereocenters. The van der Waals surface area contributed by atoms with Crippen LogP contribution in [0.5, 0.6) is 5.75 Å². The van der Waals surface area contributed by atoms with E-state index < -0.39 is 5.82 Å². The zero-order valence-corrected chi connectivity index (χ0v) is 8.39. The number of rotatable bonds is 2. The number of nitrogens with two attached hydrogens (primary N) is 1. The zero-order chi connectivity index (χ0) is 11.5. The Hall–Kier alpha value is -2.01. The highest BCUT2D eigenvalue weighted by Gasteiger charge is 2.08. The van der Waals surface area contributed by atoms with Gasteiger partial charge in [0.2, 0.25) is 0 Å². The lowest BCUT2D eigenvalue weighted by Gasteiger charge is -2.05. The van der Waals surface area contributed by atoms with Crippen molar-refractivity contribution in [2.24, 2.45) is 5.73 Å². The van der Waals surface area contributed by atoms with Crippen LogP contribution >= 0.6 is 0 Å². The van der Waals surface area contributed by atoms with E-state index in [2.05, 4.69) is 9.97 Å². The molecule has 0 bridgehead atoms. The summed E-state index contributed by atoms with van der Waals surface area (Å²) in [5, 5.41) is 9.40. The van der Waals surface area contributed by atoms with Crippen molar-refractivity contribution in [1.29, 1.82) is 0 Å². The number of aromatic nitrogens is 2. The van der Waals surface area contributed by atoms with Crippen molar-refractivity contribution >= 4 is 0 Å². The van der Waals surface area contributed by atoms with Gasteiger partial charge in [-0.1, -0.05) is 0 Å². The van der Waals surface area contributed by atoms with Crippen LogP contribution < -0.4 is 5.73 Å². The summed E-state index contributed by atoms with van der Waals surface area (Å²) in [5.41, 5.74) is 6.74. The molecule has 3 N–H and O–H groups in total. The predicted octanol–water partition coefficient (Wildman–Crippen LogP) is 1.45. The second-order valence-corrected chi connectivity index (χ2v) is 3.26. The molecule has 0 saturated heterocycles. The lowest BCUT2D eigenvalue weighted by Crippen LogP contribution is -1.98. The molecule has 5 heteroatoms. The summed E-state index contributed by atoms with van der Waals surface area (Å²) in [6.45, 7) is 0.175. The van der Waals surface area contributed by atoms with Crippen molar-refractivity contribution in [1.82, 2.24) is 9.97 Å². The first-order valence-corrected chi connectivity index (χ1v) is 4.70. The van der Waals surface area contributed by atoms with E-state index in [9.17, 15) is 9.50 Å². The number of nitrogens with zero attached hydrogens (tertiary/aromatic N) is 2. The van der Waals surface area contributed by atoms with Crippen molar-refractivity contribution in [3.05, 3.63) is 42.1 Å². The van der Waals surface area contributed by atoms with Crippen LogP contribution in [0.4, 0.5) is 4.39 Å². The SMILES string of the molecule is NCc1cc(-c2ccncc2F)ncc1O. The highest BCUT2D eigenvalue weighted by atomic mass is 19.1. The van der Waals surface area contributed by atoms with Gasteiger partial charge in [-0.25, -0.2) is 4.39 Å². The van der Waals surface area contributed by atoms with Crippen LogP contribution in [0.25, 0.3) is 11.3 Å². The maximum Gasteiger partial charge on any atom is 0.150 e. The van der Waals surface area contributed by atoms with Gasteiger partial charge in [0, 0.05) is 23.9 Å². The van der Waals surface area contributed by atoms with E-state index in [0.29, 0.717) is 16.8 Å². The molecule has 0 saturated carbocycles. The number of halogens is 1. The molecule has 0 atom stereocenters. The molecular formula is C11H10FN3O. The largest absolute Gasteiger partial charge is 0.506 e. The Morgan fingerprint density at radius 2 is 2.19 bits per heavy atom. The molecule has 2 heterocycles. The standard InChI is InChI=1S/C11H10FN3O/c12-9-5-14-2-1-8(9)10-3-7(4-13)11(16)6-15-10/h1-3,5-6,16H,4,13H2. The van der Waals surface area contributed by atoms with Crippen LogP contribution in [0.2, 0.25) is 0 Å². The van der Waals surface area contributed by atoms with Crippen molar-refractivity contribution in [2.75, 3.05) is 0 Å². The van der Waals surface area contributed by atoms with E-state index in [1.165, 1.54) is 18.5 Å². The first kappa shape index (κ1) is 10.5. The molecule has 0 amide bonds. The first-order valence-electron chi connectivity index (χ1n) is 4.70. The first-order chi connectivity index (χ1) is 7.72. The molecule has 0 spiro atoms. The summed E-state index contributed by atoms with van der Waals surface area (Å²) < 4.78 is 13.4. The topological polar surface area (TPSA) is 72.0 Å². The Bertz CT molecular complexity index is 516. The van der Waals surface area contributed by atoms with Crippen molar-refractivity contribution in [3.8, 4) is 17.0 Å². The molecule has 82 valence electrons. The fourth-order valence-corrected chi connectivity index (χ4v) is 1.38. The number of hydrogen-bond acceptors (Lipinski definition) is 4. The quantitative estimate of drug-likeness (QED) is 0.801. The van der Waals surface area contributed by atoms with Gasteiger partial charge in [0.25, 0.3) is 0 Å². The zero-order valence-electron chi connectivity index (χ0n) is 8.39. The molecular weight excluding hydrogens is 209 g/mol. The van der Waals surface area contributed by atoms with Crippen LogP contribution in [0.3, 0.4) is 0 Å². The Morgan fingerprint density at radius 3 is 2.88 bits per heavy atom. The van der Waals surface area contributed by atoms with Crippen LogP contribution in [-0.2, 0) is 6.54 Å². The smallest absolute Gasteiger partial charge is 0.150 e. The molecule has 0 aliphatic carbocycles. The van der Waals surface area contributed by atoms with E-state index in [1.54, 1.807) is 6.07 Å². The van der Waals surface area contributed by atoms with Gasteiger partial charge in [-0.15, -0.1) is 0 Å². The molecule has 0 aromatic carbocycles. The average molecular weight is 219 g/mol. The van der Waals surface area contributed by atoms with Gasteiger partial charge in [0.15, 0.2) is 5.82 Å². The van der Waals surface area contributed by atoms with Crippen molar-refractivity contribution in [3.63, 3.8) is 0 Å².